The smallest absolute Gasteiger partial charge is 0.320 e. The standard InChI is InChI=1S/C50H33N7O23S6/c58-45(25-6-5-7-27(18-25)82(65,66)67)43-40-28-8-1-2-9-29(28)46(59)41-33(21-35(44(42(40)41)54-47(43)60)80-34-17-14-24(19-39(34)86(77,78)79)23-12-15-26(16-13-23)81(62,63)64)51-31-20-32(38(85(74,75)76)22-37(31)84(71,72)73)53-49-55-48(56-50(61)57-49)52-30-10-3-4-11-36(30)83(68,69)70/h1-22,51H,(H,54,60)(H,62,63,64)(H,65,66,67)(H,68,69,70)(H,71,72,73)(H,74,75,76)(H,77,78,79)(H3,52,53,55,56,57,61). The Bertz CT molecular complexity index is 5260. The van der Waals surface area contributed by atoms with Crippen molar-refractivity contribution in [1.29, 1.82) is 0 Å². The summed E-state index contributed by atoms with van der Waals surface area (Å²) < 4.78 is 219. The lowest BCUT2D eigenvalue weighted by molar-refractivity contribution is 0.102. The fourth-order valence-electron chi connectivity index (χ4n) is 9.08. The molecule has 0 fully saturated rings. The number of carbonyl (C=O) groups excluding carboxylic acids is 2. The normalized spacial score (nSPS) is 12.8. The number of hydrogen-bond acceptors (Lipinski definition) is 23. The number of aromatic nitrogens is 4. The highest BCUT2D eigenvalue weighted by Crippen LogP contribution is 2.49. The first-order chi connectivity index (χ1) is 40.1. The van der Waals surface area contributed by atoms with E-state index in [4.69, 9.17) is 4.74 Å². The molecule has 7 aromatic carbocycles. The predicted molar refractivity (Wildman–Crippen MR) is 298 cm³/mol. The van der Waals surface area contributed by atoms with E-state index in [0.29, 0.717) is 6.07 Å². The molecule has 442 valence electrons. The monoisotopic (exact) mass is 1290 g/mol. The lowest BCUT2D eigenvalue weighted by Gasteiger charge is -2.26. The predicted octanol–water partition coefficient (Wildman–Crippen LogP) is 6.03. The second-order valence-corrected chi connectivity index (χ2v) is 26.5. The zero-order valence-electron chi connectivity index (χ0n) is 42.2. The third kappa shape index (κ3) is 11.7. The number of nitrogens with one attached hydrogen (secondary N) is 4. The Hall–Kier alpha value is -9.44. The molecule has 1 aliphatic carbocycles. The van der Waals surface area contributed by atoms with Gasteiger partial charge >= 0.3 is 6.01 Å². The molecule has 86 heavy (non-hydrogen) atoms. The van der Waals surface area contributed by atoms with Crippen molar-refractivity contribution in [2.45, 2.75) is 29.4 Å². The van der Waals surface area contributed by atoms with Gasteiger partial charge < -0.3 is 30.8 Å². The maximum atomic E-state index is 15.1. The van der Waals surface area contributed by atoms with Crippen LogP contribution in [0.2, 0.25) is 0 Å². The molecule has 2 heterocycles. The van der Waals surface area contributed by atoms with E-state index >= 15 is 4.79 Å². The van der Waals surface area contributed by atoms with E-state index in [0.717, 1.165) is 78.9 Å². The van der Waals surface area contributed by atoms with Crippen LogP contribution in [-0.2, 0) is 60.7 Å². The van der Waals surface area contributed by atoms with Gasteiger partial charge in [-0.25, -0.2) is 0 Å². The number of aromatic hydroxyl groups is 1. The SMILES string of the molecule is O=C(c1cccc(S(=O)(=O)O)c1)c1c2c3c(c(Nc4cc(Nc5nc(O)nc(Nc6ccccc6S(=O)(=O)O)n5)c(S(=O)(=O)O)cc4S(=O)(=O)O)cc(Oc4ccc(-c5ccc(S(=O)(=O)O)cc5)cc4S(=O)(=O)O)c3[nH]c1=O)C(=O)c1ccccc1-2. The molecule has 0 saturated heterocycles. The van der Waals surface area contributed by atoms with E-state index in [9.17, 15) is 92.5 Å². The third-order valence-corrected chi connectivity index (χ3v) is 18.0. The Morgan fingerprint density at radius 2 is 1.01 bits per heavy atom. The average Bonchev–Trinajstić information content (AvgIpc) is 0.760. The summed E-state index contributed by atoms with van der Waals surface area (Å²) in [4.78, 5) is 52.3. The maximum Gasteiger partial charge on any atom is 0.320 e. The van der Waals surface area contributed by atoms with Gasteiger partial charge in [0.2, 0.25) is 11.9 Å². The first-order valence-corrected chi connectivity index (χ1v) is 32.1. The van der Waals surface area contributed by atoms with E-state index in [1.807, 2.05) is 0 Å². The van der Waals surface area contributed by atoms with Crippen LogP contribution in [0, 0.1) is 0 Å². The summed E-state index contributed by atoms with van der Waals surface area (Å²) in [7, 11) is -31.4. The maximum absolute atomic E-state index is 15.1. The van der Waals surface area contributed by atoms with Crippen molar-refractivity contribution < 1.29 is 97.3 Å². The number of anilines is 6. The molecule has 30 nitrogen and oxygen atoms in total. The molecule has 0 bridgehead atoms. The van der Waals surface area contributed by atoms with Crippen LogP contribution in [0.15, 0.2) is 168 Å². The van der Waals surface area contributed by atoms with Crippen LogP contribution in [0.25, 0.3) is 33.2 Å². The summed E-state index contributed by atoms with van der Waals surface area (Å²) >= 11 is 0. The Labute approximate surface area is 483 Å². The lowest BCUT2D eigenvalue weighted by Crippen LogP contribution is -2.24. The quantitative estimate of drug-likeness (QED) is 0.0366. The van der Waals surface area contributed by atoms with Gasteiger partial charge in [-0.05, 0) is 77.4 Å². The average molecular weight is 1290 g/mol. The number of para-hydroxylation sites is 1. The molecule has 0 spiro atoms. The topological polar surface area (TPSA) is 497 Å². The zero-order chi connectivity index (χ0) is 62.4. The molecule has 0 atom stereocenters. The van der Waals surface area contributed by atoms with Crippen molar-refractivity contribution in [2.24, 2.45) is 0 Å². The van der Waals surface area contributed by atoms with Gasteiger partial charge in [-0.15, -0.1) is 0 Å². The first kappa shape index (κ1) is 59.7. The van der Waals surface area contributed by atoms with E-state index < -0.39 is 187 Å². The number of hydrogen-bond donors (Lipinski definition) is 11. The van der Waals surface area contributed by atoms with Crippen molar-refractivity contribution in [3.8, 4) is 39.8 Å². The van der Waals surface area contributed by atoms with Crippen LogP contribution < -0.4 is 26.2 Å². The fraction of sp³-hybridized carbons (Fsp3) is 0. The van der Waals surface area contributed by atoms with Crippen molar-refractivity contribution in [1.82, 2.24) is 19.9 Å². The third-order valence-electron chi connectivity index (χ3n) is 12.7. The molecule has 9 aromatic rings. The summed E-state index contributed by atoms with van der Waals surface area (Å²) in [6.45, 7) is 0. The minimum atomic E-state index is -5.73. The second kappa shape index (κ2) is 21.3. The summed E-state index contributed by atoms with van der Waals surface area (Å²) in [5.41, 5.74) is -7.51. The molecule has 11 N–H and O–H groups in total. The number of ketones is 2. The Kier molecular flexibility index (Phi) is 14.8. The molecule has 10 rings (SSSR count). The Balaban J connectivity index is 1.23. The number of rotatable bonds is 17. The Morgan fingerprint density at radius 1 is 0.453 bits per heavy atom. The number of fused-ring (bicyclic) bond motifs is 2. The van der Waals surface area contributed by atoms with E-state index in [2.05, 4.69) is 35.9 Å². The highest BCUT2D eigenvalue weighted by molar-refractivity contribution is 7.87. The minimum absolute atomic E-state index is 0.0270. The molecular weight excluding hydrogens is 1260 g/mol. The van der Waals surface area contributed by atoms with Gasteiger partial charge in [0.05, 0.1) is 49.2 Å². The number of nitrogens with zero attached hydrogens (tertiary/aromatic N) is 3. The number of pyridine rings is 1. The highest BCUT2D eigenvalue weighted by atomic mass is 32.2. The van der Waals surface area contributed by atoms with Crippen LogP contribution in [0.4, 0.5) is 34.6 Å². The van der Waals surface area contributed by atoms with Crippen LogP contribution >= 0.6 is 0 Å². The lowest BCUT2D eigenvalue weighted by atomic mass is 9.80. The summed E-state index contributed by atoms with van der Waals surface area (Å²) in [6.07, 6.45) is 0. The number of H-pyrrole nitrogens is 1. The van der Waals surface area contributed by atoms with E-state index in [1.54, 1.807) is 0 Å². The van der Waals surface area contributed by atoms with Crippen molar-refractivity contribution >= 4 is 118 Å². The first-order valence-electron chi connectivity index (χ1n) is 23.4. The fourth-order valence-corrected chi connectivity index (χ4v) is 12.8. The van der Waals surface area contributed by atoms with Crippen molar-refractivity contribution in [2.75, 3.05) is 16.0 Å². The molecule has 0 radical (unpaired) electrons. The minimum Gasteiger partial charge on any atom is -0.479 e. The second-order valence-electron chi connectivity index (χ2n) is 18.1. The van der Waals surface area contributed by atoms with Gasteiger partial charge in [0.1, 0.15) is 25.3 Å². The largest absolute Gasteiger partial charge is 0.479 e. The molecule has 2 aromatic heterocycles. The van der Waals surface area contributed by atoms with Gasteiger partial charge in [-0.3, -0.25) is 41.7 Å². The molecule has 0 aliphatic heterocycles. The number of benzene rings is 7. The molecule has 0 amide bonds. The van der Waals surface area contributed by atoms with Crippen LogP contribution in [0.1, 0.15) is 31.8 Å². The molecule has 0 unspecified atom stereocenters. The van der Waals surface area contributed by atoms with Gasteiger partial charge in [0, 0.05) is 28.1 Å². The van der Waals surface area contributed by atoms with E-state index in [1.165, 1.54) is 42.5 Å². The van der Waals surface area contributed by atoms with Crippen LogP contribution in [0.3, 0.4) is 0 Å². The van der Waals surface area contributed by atoms with Crippen molar-refractivity contribution in [3.05, 3.63) is 166 Å². The number of carbonyl (C=O) groups is 2. The molecule has 36 heteroatoms. The molecule has 0 saturated carbocycles. The van der Waals surface area contributed by atoms with Gasteiger partial charge in [-0.1, -0.05) is 66.7 Å². The van der Waals surface area contributed by atoms with Gasteiger partial charge in [0.15, 0.2) is 17.3 Å². The van der Waals surface area contributed by atoms with Gasteiger partial charge in [-0.2, -0.15) is 65.5 Å². The Morgan fingerprint density at radius 3 is 1.62 bits per heavy atom. The molecular formula is C50H33N7O23S6. The van der Waals surface area contributed by atoms with Crippen molar-refractivity contribution in [3.63, 3.8) is 0 Å². The number of ether oxygens (including phenoxy) is 1. The van der Waals surface area contributed by atoms with Crippen LogP contribution in [-0.4, -0.2) is 114 Å². The van der Waals surface area contributed by atoms with Crippen LogP contribution in [0.5, 0.6) is 17.5 Å². The highest BCUT2D eigenvalue weighted by Gasteiger charge is 2.37. The summed E-state index contributed by atoms with van der Waals surface area (Å²) in [5.74, 6) is -5.31. The summed E-state index contributed by atoms with van der Waals surface area (Å²) in [5, 5.41) is 17.4. The zero-order valence-corrected chi connectivity index (χ0v) is 47.1. The summed E-state index contributed by atoms with van der Waals surface area (Å²) in [6, 6.07) is 21.4. The van der Waals surface area contributed by atoms with Gasteiger partial charge in [0.25, 0.3) is 66.3 Å². The van der Waals surface area contributed by atoms with E-state index in [-0.39, 0.29) is 34.0 Å². The molecule has 1 aliphatic rings. The number of aromatic amines is 1.